The minimum Gasteiger partial charge on any atom is -0.381 e. The van der Waals surface area contributed by atoms with Gasteiger partial charge in [0.1, 0.15) is 5.41 Å². The molecule has 1 rings (SSSR count). The highest BCUT2D eigenvalue weighted by Gasteiger charge is 2.40. The summed E-state index contributed by atoms with van der Waals surface area (Å²) in [5, 5.41) is 12.2. The molecule has 0 aromatic carbocycles. The van der Waals surface area contributed by atoms with E-state index in [0.29, 0.717) is 26.1 Å². The number of hydrogen-bond acceptors (Lipinski definition) is 4. The summed E-state index contributed by atoms with van der Waals surface area (Å²) in [6.45, 7) is 5.07. The van der Waals surface area contributed by atoms with E-state index in [-0.39, 0.29) is 11.9 Å². The second-order valence-corrected chi connectivity index (χ2v) is 5.66. The maximum atomic E-state index is 12.1. The zero-order valence-corrected chi connectivity index (χ0v) is 11.3. The predicted octanol–water partition coefficient (Wildman–Crippen LogP) is 1.56. The van der Waals surface area contributed by atoms with Crippen LogP contribution in [-0.2, 0) is 9.53 Å². The van der Waals surface area contributed by atoms with Crippen LogP contribution in [0.25, 0.3) is 0 Å². The number of ether oxygens (including phenoxy) is 1. The number of carbonyl (C=O) groups excluding carboxylic acids is 1. The molecule has 17 heavy (non-hydrogen) atoms. The molecule has 0 saturated carbocycles. The SMILES string of the molecule is CCSCC(C)NC(=O)C1(C#N)CCOCC1. The van der Waals surface area contributed by atoms with E-state index in [1.54, 1.807) is 11.8 Å². The van der Waals surface area contributed by atoms with Gasteiger partial charge < -0.3 is 10.1 Å². The maximum absolute atomic E-state index is 12.1. The van der Waals surface area contributed by atoms with Gasteiger partial charge in [0.15, 0.2) is 0 Å². The van der Waals surface area contributed by atoms with Crippen LogP contribution in [0.5, 0.6) is 0 Å². The van der Waals surface area contributed by atoms with Crippen LogP contribution in [0, 0.1) is 16.7 Å². The molecule has 1 aliphatic rings. The molecule has 0 radical (unpaired) electrons. The van der Waals surface area contributed by atoms with Gasteiger partial charge in [-0.1, -0.05) is 6.92 Å². The van der Waals surface area contributed by atoms with Gasteiger partial charge in [-0.25, -0.2) is 0 Å². The molecule has 5 heteroatoms. The molecule has 4 nitrogen and oxygen atoms in total. The number of nitrogens with one attached hydrogen (secondary N) is 1. The topological polar surface area (TPSA) is 62.1 Å². The highest BCUT2D eigenvalue weighted by Crippen LogP contribution is 2.30. The van der Waals surface area contributed by atoms with Crippen molar-refractivity contribution >= 4 is 17.7 Å². The van der Waals surface area contributed by atoms with E-state index in [2.05, 4.69) is 18.3 Å². The van der Waals surface area contributed by atoms with Crippen molar-refractivity contribution in [1.82, 2.24) is 5.32 Å². The highest BCUT2D eigenvalue weighted by molar-refractivity contribution is 7.99. The number of nitriles is 1. The lowest BCUT2D eigenvalue weighted by Crippen LogP contribution is -2.47. The Balaban J connectivity index is 2.52. The summed E-state index contributed by atoms with van der Waals surface area (Å²) in [6.07, 6.45) is 1.01. The Morgan fingerprint density at radius 3 is 2.76 bits per heavy atom. The number of hydrogen-bond donors (Lipinski definition) is 1. The monoisotopic (exact) mass is 256 g/mol. The lowest BCUT2D eigenvalue weighted by Gasteiger charge is -2.30. The average molecular weight is 256 g/mol. The van der Waals surface area contributed by atoms with Crippen LogP contribution in [0.15, 0.2) is 0 Å². The number of nitrogens with zero attached hydrogens (tertiary/aromatic N) is 1. The first kappa shape index (κ1) is 14.3. The molecular formula is C12H20N2O2S. The lowest BCUT2D eigenvalue weighted by atomic mass is 9.80. The Morgan fingerprint density at radius 1 is 1.59 bits per heavy atom. The zero-order chi connectivity index (χ0) is 12.7. The fourth-order valence-electron chi connectivity index (χ4n) is 1.81. The standard InChI is InChI=1S/C12H20N2O2S/c1-3-17-8-10(2)14-11(15)12(9-13)4-6-16-7-5-12/h10H,3-8H2,1-2H3,(H,14,15). The number of amides is 1. The quantitative estimate of drug-likeness (QED) is 0.811. The molecule has 1 aliphatic heterocycles. The molecule has 1 heterocycles. The van der Waals surface area contributed by atoms with Crippen LogP contribution in [0.4, 0.5) is 0 Å². The van der Waals surface area contributed by atoms with Gasteiger partial charge in [0.25, 0.3) is 0 Å². The zero-order valence-electron chi connectivity index (χ0n) is 10.5. The van der Waals surface area contributed by atoms with Crippen molar-refractivity contribution < 1.29 is 9.53 Å². The number of thioether (sulfide) groups is 1. The van der Waals surface area contributed by atoms with E-state index < -0.39 is 5.41 Å². The van der Waals surface area contributed by atoms with Gasteiger partial charge in [0.2, 0.25) is 5.91 Å². The third kappa shape index (κ3) is 3.90. The van der Waals surface area contributed by atoms with E-state index >= 15 is 0 Å². The minimum atomic E-state index is -0.872. The fraction of sp³-hybridized carbons (Fsp3) is 0.833. The molecule has 0 aromatic rings. The summed E-state index contributed by atoms with van der Waals surface area (Å²) in [7, 11) is 0. The molecule has 1 unspecified atom stereocenters. The lowest BCUT2D eigenvalue weighted by molar-refractivity contribution is -0.132. The second kappa shape index (κ2) is 6.87. The van der Waals surface area contributed by atoms with Crippen molar-refractivity contribution in [2.75, 3.05) is 24.7 Å². The molecule has 1 saturated heterocycles. The smallest absolute Gasteiger partial charge is 0.240 e. The summed E-state index contributed by atoms with van der Waals surface area (Å²) in [6, 6.07) is 2.29. The molecule has 1 amide bonds. The Bertz CT molecular complexity index is 295. The van der Waals surface area contributed by atoms with Gasteiger partial charge in [0, 0.05) is 25.0 Å². The Hall–Kier alpha value is -0.730. The van der Waals surface area contributed by atoms with Crippen LogP contribution in [0.1, 0.15) is 26.7 Å². The van der Waals surface area contributed by atoms with Crippen LogP contribution >= 0.6 is 11.8 Å². The summed E-state index contributed by atoms with van der Waals surface area (Å²) in [5.74, 6) is 1.80. The molecule has 0 aliphatic carbocycles. The minimum absolute atomic E-state index is 0.112. The van der Waals surface area contributed by atoms with Crippen LogP contribution in [0.2, 0.25) is 0 Å². The third-order valence-electron chi connectivity index (χ3n) is 2.94. The van der Waals surface area contributed by atoms with Crippen LogP contribution < -0.4 is 5.32 Å². The Morgan fingerprint density at radius 2 is 2.24 bits per heavy atom. The van der Waals surface area contributed by atoms with Crippen molar-refractivity contribution in [3.8, 4) is 6.07 Å². The average Bonchev–Trinajstić information content (AvgIpc) is 2.37. The van der Waals surface area contributed by atoms with E-state index in [4.69, 9.17) is 4.74 Å². The van der Waals surface area contributed by atoms with Crippen molar-refractivity contribution in [2.24, 2.45) is 5.41 Å². The largest absolute Gasteiger partial charge is 0.381 e. The summed E-state index contributed by atoms with van der Waals surface area (Å²) >= 11 is 1.79. The first-order valence-electron chi connectivity index (χ1n) is 6.02. The molecule has 1 atom stereocenters. The van der Waals surface area contributed by atoms with Crippen molar-refractivity contribution in [1.29, 1.82) is 5.26 Å². The molecule has 1 N–H and O–H groups in total. The Labute approximate surface area is 107 Å². The molecule has 0 spiro atoms. The first-order valence-corrected chi connectivity index (χ1v) is 7.18. The molecular weight excluding hydrogens is 236 g/mol. The number of carbonyl (C=O) groups is 1. The normalized spacial score (nSPS) is 20.3. The van der Waals surface area contributed by atoms with E-state index in [0.717, 1.165) is 11.5 Å². The summed E-state index contributed by atoms with van der Waals surface area (Å²) in [4.78, 5) is 12.1. The summed E-state index contributed by atoms with van der Waals surface area (Å²) in [5.41, 5.74) is -0.872. The van der Waals surface area contributed by atoms with E-state index in [1.165, 1.54) is 0 Å². The van der Waals surface area contributed by atoms with Crippen LogP contribution in [-0.4, -0.2) is 36.7 Å². The van der Waals surface area contributed by atoms with E-state index in [1.807, 2.05) is 6.92 Å². The fourth-order valence-corrected chi connectivity index (χ4v) is 2.48. The van der Waals surface area contributed by atoms with Gasteiger partial charge in [-0.3, -0.25) is 4.79 Å². The predicted molar refractivity (Wildman–Crippen MR) is 68.7 cm³/mol. The maximum Gasteiger partial charge on any atom is 0.240 e. The van der Waals surface area contributed by atoms with Gasteiger partial charge in [-0.15, -0.1) is 0 Å². The van der Waals surface area contributed by atoms with Gasteiger partial charge in [-0.2, -0.15) is 17.0 Å². The molecule has 0 aromatic heterocycles. The number of rotatable bonds is 5. The first-order chi connectivity index (χ1) is 8.14. The molecule has 96 valence electrons. The van der Waals surface area contributed by atoms with Gasteiger partial charge in [0.05, 0.1) is 6.07 Å². The van der Waals surface area contributed by atoms with Gasteiger partial charge in [-0.05, 0) is 25.5 Å². The Kier molecular flexibility index (Phi) is 5.79. The second-order valence-electron chi connectivity index (χ2n) is 4.34. The summed E-state index contributed by atoms with van der Waals surface area (Å²) < 4.78 is 5.21. The van der Waals surface area contributed by atoms with Crippen molar-refractivity contribution in [2.45, 2.75) is 32.7 Å². The van der Waals surface area contributed by atoms with Gasteiger partial charge >= 0.3 is 0 Å². The molecule has 0 bridgehead atoms. The van der Waals surface area contributed by atoms with Crippen molar-refractivity contribution in [3.05, 3.63) is 0 Å². The molecule has 1 fully saturated rings. The van der Waals surface area contributed by atoms with E-state index in [9.17, 15) is 10.1 Å². The van der Waals surface area contributed by atoms with Crippen molar-refractivity contribution in [3.63, 3.8) is 0 Å². The van der Waals surface area contributed by atoms with Crippen LogP contribution in [0.3, 0.4) is 0 Å². The highest BCUT2D eigenvalue weighted by atomic mass is 32.2. The third-order valence-corrected chi connectivity index (χ3v) is 4.09.